The highest BCUT2D eigenvalue weighted by molar-refractivity contribution is 5.16. The summed E-state index contributed by atoms with van der Waals surface area (Å²) in [6, 6.07) is 2.17. The normalized spacial score (nSPS) is 30.6. The number of aliphatic hydroxyl groups is 1. The van der Waals surface area contributed by atoms with E-state index in [-0.39, 0.29) is 17.4 Å². The van der Waals surface area contributed by atoms with E-state index in [1.807, 2.05) is 0 Å². The first-order valence-corrected chi connectivity index (χ1v) is 7.89. The number of hydrogen-bond acceptors (Lipinski definition) is 4. The Morgan fingerprint density at radius 3 is 2.95 bits per heavy atom. The minimum atomic E-state index is 0.0468. The van der Waals surface area contributed by atoms with Crippen molar-refractivity contribution < 1.29 is 9.84 Å². The molecule has 0 aliphatic carbocycles. The largest absolute Gasteiger partial charge is 0.396 e. The Kier molecular flexibility index (Phi) is 3.84. The maximum atomic E-state index is 9.84. The Morgan fingerprint density at radius 2 is 2.33 bits per heavy atom. The molecule has 0 unspecified atom stereocenters. The number of nitrogens with one attached hydrogen (secondary N) is 1. The van der Waals surface area contributed by atoms with Crippen molar-refractivity contribution in [2.75, 3.05) is 32.9 Å². The third kappa shape index (κ3) is 2.87. The van der Waals surface area contributed by atoms with Crippen LogP contribution in [0.3, 0.4) is 0 Å². The summed E-state index contributed by atoms with van der Waals surface area (Å²) < 4.78 is 5.60. The van der Waals surface area contributed by atoms with E-state index in [0.717, 1.165) is 50.7 Å². The fraction of sp³-hybridized carbons (Fsp3) is 0.812. The van der Waals surface area contributed by atoms with Gasteiger partial charge in [0.2, 0.25) is 0 Å². The molecule has 0 saturated carbocycles. The molecular formula is C16H27N3O2. The molecule has 0 aromatic carbocycles. The monoisotopic (exact) mass is 293 g/mol. The van der Waals surface area contributed by atoms with Crippen molar-refractivity contribution in [3.8, 4) is 0 Å². The lowest BCUT2D eigenvalue weighted by Gasteiger charge is -2.36. The van der Waals surface area contributed by atoms with E-state index in [0.29, 0.717) is 5.92 Å². The maximum absolute atomic E-state index is 9.84. The average Bonchev–Trinajstić information content (AvgIpc) is 3.02. The van der Waals surface area contributed by atoms with Gasteiger partial charge in [0.05, 0.1) is 18.9 Å². The minimum Gasteiger partial charge on any atom is -0.396 e. The van der Waals surface area contributed by atoms with Crippen molar-refractivity contribution in [3.05, 3.63) is 17.5 Å². The molecule has 2 atom stereocenters. The molecule has 21 heavy (non-hydrogen) atoms. The van der Waals surface area contributed by atoms with E-state index in [9.17, 15) is 5.11 Å². The van der Waals surface area contributed by atoms with Crippen molar-refractivity contribution in [2.45, 2.75) is 39.2 Å². The zero-order valence-corrected chi connectivity index (χ0v) is 13.4. The predicted molar refractivity (Wildman–Crippen MR) is 81.0 cm³/mol. The number of aromatic nitrogens is 2. The second-order valence-electron chi connectivity index (χ2n) is 7.74. The molecule has 3 heterocycles. The molecule has 2 aliphatic rings. The first-order valence-electron chi connectivity index (χ1n) is 7.89. The first kappa shape index (κ1) is 15.0. The molecule has 2 aliphatic heterocycles. The molecule has 0 amide bonds. The third-order valence-electron chi connectivity index (χ3n) is 5.05. The molecule has 2 fully saturated rings. The summed E-state index contributed by atoms with van der Waals surface area (Å²) in [5.41, 5.74) is 2.39. The van der Waals surface area contributed by atoms with Gasteiger partial charge in [0, 0.05) is 48.7 Å². The van der Waals surface area contributed by atoms with Gasteiger partial charge in [-0.15, -0.1) is 0 Å². The molecule has 118 valence electrons. The molecule has 0 bridgehead atoms. The van der Waals surface area contributed by atoms with Crippen LogP contribution in [0.25, 0.3) is 0 Å². The lowest BCUT2D eigenvalue weighted by molar-refractivity contribution is -0.0417. The van der Waals surface area contributed by atoms with Crippen LogP contribution in [-0.2, 0) is 16.7 Å². The molecular weight excluding hydrogens is 266 g/mol. The maximum Gasteiger partial charge on any atom is 0.0678 e. The highest BCUT2D eigenvalue weighted by Crippen LogP contribution is 2.42. The number of rotatable bonds is 3. The lowest BCUT2D eigenvalue weighted by atomic mass is 9.75. The van der Waals surface area contributed by atoms with Crippen LogP contribution < -0.4 is 0 Å². The molecule has 2 N–H and O–H groups in total. The standard InChI is InChI=1S/C16H27N3O2/c1-15(2,3)14-6-13(17-18-14)8-19-7-12-9-21-5-4-16(12,10-19)11-20/h6,12,20H,4-5,7-11H2,1-3H3,(H,17,18)/t12-,16-/m1/s1. The van der Waals surface area contributed by atoms with Crippen LogP contribution in [0.1, 0.15) is 38.6 Å². The third-order valence-corrected chi connectivity index (χ3v) is 5.05. The van der Waals surface area contributed by atoms with Crippen LogP contribution in [0.2, 0.25) is 0 Å². The second kappa shape index (κ2) is 5.38. The van der Waals surface area contributed by atoms with Crippen molar-refractivity contribution in [2.24, 2.45) is 11.3 Å². The van der Waals surface area contributed by atoms with E-state index in [4.69, 9.17) is 4.74 Å². The number of likely N-dealkylation sites (tertiary alicyclic amines) is 1. The zero-order valence-electron chi connectivity index (χ0n) is 13.4. The quantitative estimate of drug-likeness (QED) is 0.887. The zero-order chi connectivity index (χ0) is 15.1. The fourth-order valence-electron chi connectivity index (χ4n) is 3.60. The van der Waals surface area contributed by atoms with Gasteiger partial charge in [-0.05, 0) is 12.5 Å². The Bertz CT molecular complexity index is 494. The molecule has 3 rings (SSSR count). The van der Waals surface area contributed by atoms with Gasteiger partial charge in [0.1, 0.15) is 0 Å². The molecule has 5 nitrogen and oxygen atoms in total. The van der Waals surface area contributed by atoms with Crippen molar-refractivity contribution in [1.82, 2.24) is 15.1 Å². The summed E-state index contributed by atoms with van der Waals surface area (Å²) >= 11 is 0. The van der Waals surface area contributed by atoms with E-state index < -0.39 is 0 Å². The van der Waals surface area contributed by atoms with Crippen molar-refractivity contribution >= 4 is 0 Å². The number of H-pyrrole nitrogens is 1. The number of hydrogen-bond donors (Lipinski definition) is 2. The lowest BCUT2D eigenvalue weighted by Crippen LogP contribution is -2.41. The molecule has 0 radical (unpaired) electrons. The van der Waals surface area contributed by atoms with Crippen LogP contribution in [0, 0.1) is 11.3 Å². The van der Waals surface area contributed by atoms with Crippen LogP contribution in [0.4, 0.5) is 0 Å². The summed E-state index contributed by atoms with van der Waals surface area (Å²) in [5, 5.41) is 17.4. The van der Waals surface area contributed by atoms with E-state index in [1.165, 1.54) is 0 Å². The Morgan fingerprint density at radius 1 is 1.52 bits per heavy atom. The van der Waals surface area contributed by atoms with Gasteiger partial charge in [0.25, 0.3) is 0 Å². The highest BCUT2D eigenvalue weighted by Gasteiger charge is 2.47. The number of nitrogens with zero attached hydrogens (tertiary/aromatic N) is 2. The predicted octanol–water partition coefficient (Wildman–Crippen LogP) is 1.54. The first-order chi connectivity index (χ1) is 9.93. The van der Waals surface area contributed by atoms with Gasteiger partial charge >= 0.3 is 0 Å². The van der Waals surface area contributed by atoms with Crippen LogP contribution in [-0.4, -0.2) is 53.1 Å². The number of ether oxygens (including phenoxy) is 1. The van der Waals surface area contributed by atoms with Crippen LogP contribution in [0.5, 0.6) is 0 Å². The Labute approximate surface area is 126 Å². The summed E-state index contributed by atoms with van der Waals surface area (Å²) in [7, 11) is 0. The van der Waals surface area contributed by atoms with E-state index >= 15 is 0 Å². The summed E-state index contributed by atoms with van der Waals surface area (Å²) in [6.07, 6.45) is 0.973. The van der Waals surface area contributed by atoms with Crippen molar-refractivity contribution in [3.63, 3.8) is 0 Å². The molecule has 2 saturated heterocycles. The smallest absolute Gasteiger partial charge is 0.0678 e. The fourth-order valence-corrected chi connectivity index (χ4v) is 3.60. The van der Waals surface area contributed by atoms with Gasteiger partial charge in [-0.3, -0.25) is 10.00 Å². The highest BCUT2D eigenvalue weighted by atomic mass is 16.5. The van der Waals surface area contributed by atoms with Gasteiger partial charge < -0.3 is 9.84 Å². The summed E-state index contributed by atoms with van der Waals surface area (Å²) in [6.45, 7) is 11.2. The van der Waals surface area contributed by atoms with Gasteiger partial charge in [0.15, 0.2) is 0 Å². The van der Waals surface area contributed by atoms with E-state index in [1.54, 1.807) is 0 Å². The minimum absolute atomic E-state index is 0.0468. The molecule has 1 aromatic rings. The molecule has 5 heteroatoms. The van der Waals surface area contributed by atoms with Gasteiger partial charge in [-0.1, -0.05) is 20.8 Å². The SMILES string of the molecule is CC(C)(C)c1cc(CN2C[C@@H]3COCC[C@]3(CO)C2)[nH]n1. The average molecular weight is 293 g/mol. The van der Waals surface area contributed by atoms with Crippen LogP contribution >= 0.6 is 0 Å². The van der Waals surface area contributed by atoms with Crippen LogP contribution in [0.15, 0.2) is 6.07 Å². The summed E-state index contributed by atoms with van der Waals surface area (Å²) in [4.78, 5) is 2.43. The Hall–Kier alpha value is -0.910. The van der Waals surface area contributed by atoms with Gasteiger partial charge in [-0.2, -0.15) is 5.10 Å². The van der Waals surface area contributed by atoms with E-state index in [2.05, 4.69) is 41.9 Å². The molecule has 0 spiro atoms. The van der Waals surface area contributed by atoms with Gasteiger partial charge in [-0.25, -0.2) is 0 Å². The number of aromatic amines is 1. The van der Waals surface area contributed by atoms with Crippen molar-refractivity contribution in [1.29, 1.82) is 0 Å². The number of fused-ring (bicyclic) bond motifs is 1. The molecule has 1 aromatic heterocycles. The Balaban J connectivity index is 1.68. The summed E-state index contributed by atoms with van der Waals surface area (Å²) in [5.74, 6) is 0.459. The topological polar surface area (TPSA) is 61.4 Å². The second-order valence-corrected chi connectivity index (χ2v) is 7.74. The number of aliphatic hydroxyl groups excluding tert-OH is 1.